The lowest BCUT2D eigenvalue weighted by atomic mass is 10.2. The van der Waals surface area contributed by atoms with Gasteiger partial charge in [-0.05, 0) is 93.1 Å². The molecule has 2 N–H and O–H groups in total. The zero-order valence-electron chi connectivity index (χ0n) is 45.5. The predicted molar refractivity (Wildman–Crippen MR) is 316 cm³/mol. The van der Waals surface area contributed by atoms with Gasteiger partial charge in [0.2, 0.25) is 0 Å². The van der Waals surface area contributed by atoms with Crippen LogP contribution in [0.4, 0.5) is 21.2 Å². The van der Waals surface area contributed by atoms with E-state index in [0.717, 1.165) is 146 Å². The number of ether oxygens (including phenoxy) is 5. The number of amides is 2. The third-order valence-electron chi connectivity index (χ3n) is 13.0. The largest absolute Gasteiger partial charge is 0.444 e. The van der Waals surface area contributed by atoms with Crippen molar-refractivity contribution in [1.29, 1.82) is 0 Å². The van der Waals surface area contributed by atoms with Gasteiger partial charge in [-0.2, -0.15) is 0 Å². The number of halogens is 3. The molecule has 3 saturated heterocycles. The summed E-state index contributed by atoms with van der Waals surface area (Å²) in [5.41, 5.74) is 6.16. The summed E-state index contributed by atoms with van der Waals surface area (Å²) in [6, 6.07) is 6.17. The summed E-state index contributed by atoms with van der Waals surface area (Å²) in [5.74, 6) is 2.13. The van der Waals surface area contributed by atoms with Crippen molar-refractivity contribution >= 4 is 60.2 Å². The second kappa shape index (κ2) is 35.0. The number of carbonyl (C=O) groups is 2. The number of piperazine rings is 3. The van der Waals surface area contributed by atoms with Crippen molar-refractivity contribution in [2.75, 3.05) is 149 Å². The zero-order chi connectivity index (χ0) is 51.7. The van der Waals surface area contributed by atoms with Crippen molar-refractivity contribution in [2.24, 2.45) is 0 Å². The van der Waals surface area contributed by atoms with Gasteiger partial charge < -0.3 is 44.1 Å². The fourth-order valence-corrected chi connectivity index (χ4v) is 9.13. The van der Waals surface area contributed by atoms with Gasteiger partial charge in [-0.3, -0.25) is 24.5 Å². The number of hydrogen-bond donors (Lipinski definition) is 2. The van der Waals surface area contributed by atoms with Crippen LogP contribution in [-0.2, 0) is 63.0 Å². The highest BCUT2D eigenvalue weighted by atomic mass is 35.5. The topological polar surface area (TPSA) is 166 Å². The lowest BCUT2D eigenvalue weighted by Crippen LogP contribution is -2.47. The van der Waals surface area contributed by atoms with E-state index in [9.17, 15) is 9.59 Å². The van der Waals surface area contributed by atoms with Crippen molar-refractivity contribution in [3.8, 4) is 0 Å². The van der Waals surface area contributed by atoms with Crippen LogP contribution in [0, 0.1) is 0 Å². The van der Waals surface area contributed by atoms with Crippen molar-refractivity contribution < 1.29 is 33.3 Å². The number of aromatic nitrogens is 3. The molecule has 9 rings (SSSR count). The summed E-state index contributed by atoms with van der Waals surface area (Å²) < 4.78 is 26.1. The Morgan fingerprint density at radius 1 is 0.506 bits per heavy atom. The monoisotopic (exact) mass is 1140 g/mol. The Balaban J connectivity index is 0.000000524. The van der Waals surface area contributed by atoms with E-state index in [4.69, 9.17) is 35.3 Å². The van der Waals surface area contributed by atoms with Crippen LogP contribution < -0.4 is 20.4 Å². The highest BCUT2D eigenvalue weighted by Crippen LogP contribution is 2.29. The summed E-state index contributed by atoms with van der Waals surface area (Å²) >= 11 is 5.81. The standard InChI is InChI=1S/C19H30N4O3.C14H22N4O.C12H15ClN2O2.C7H16N2O.3CH4.2ClH/c1-19(2,3)26-18(24)23-13-15-11-17(20-12-16(15)14-23)22-7-5-21(6-8-22)9-10-25-4;1-19-7-6-17-2-4-18(5-3-17)14-8-12-9-15-10-13(12)11-16-14;1-12(2,3)17-11(16)15-6-8-4-10(13)14-5-9(8)7-15;1-10-7-6-9-4-2-8-3-5-9;;;;;/h11-12H,5-10,13-14H2,1-4H3;8,11,15H,2-7,9-10H2,1H3;4-5H,6-7H2,1-3H3;8H,2-7H2,1H3;3*1H4;2*1H. The second-order valence-corrected chi connectivity index (χ2v) is 21.3. The van der Waals surface area contributed by atoms with Crippen LogP contribution in [0.3, 0.4) is 0 Å². The fourth-order valence-electron chi connectivity index (χ4n) is 8.94. The summed E-state index contributed by atoms with van der Waals surface area (Å²) in [6.45, 7) is 33.8. The molecule has 0 aliphatic carbocycles. The predicted octanol–water partition coefficient (Wildman–Crippen LogP) is 7.83. The zero-order valence-corrected chi connectivity index (χ0v) is 47.8. The normalized spacial score (nSPS) is 17.0. The molecule has 0 radical (unpaired) electrons. The van der Waals surface area contributed by atoms with E-state index in [0.29, 0.717) is 31.3 Å². The first kappa shape index (κ1) is 71.2. The quantitative estimate of drug-likeness (QED) is 0.178. The minimum Gasteiger partial charge on any atom is -0.444 e. The number of nitrogens with one attached hydrogen (secondary N) is 2. The minimum atomic E-state index is -0.474. The fraction of sp³-hybridized carbons (Fsp3) is 0.691. The Kier molecular flexibility index (Phi) is 32.3. The summed E-state index contributed by atoms with van der Waals surface area (Å²) in [5, 5.41) is 7.13. The second-order valence-electron chi connectivity index (χ2n) is 20.9. The Labute approximate surface area is 480 Å². The first-order chi connectivity index (χ1) is 34.5. The van der Waals surface area contributed by atoms with Gasteiger partial charge in [-0.25, -0.2) is 24.5 Å². The van der Waals surface area contributed by atoms with E-state index in [1.165, 1.54) is 29.8 Å². The molecule has 6 aliphatic rings. The Morgan fingerprint density at radius 2 is 0.870 bits per heavy atom. The van der Waals surface area contributed by atoms with E-state index in [2.05, 4.69) is 62.2 Å². The number of fused-ring (bicyclic) bond motifs is 3. The van der Waals surface area contributed by atoms with Gasteiger partial charge in [0.1, 0.15) is 28.0 Å². The molecule has 0 unspecified atom stereocenters. The molecule has 3 aromatic heterocycles. The van der Waals surface area contributed by atoms with Crippen LogP contribution in [0.1, 0.15) is 97.2 Å². The maximum absolute atomic E-state index is 12.3. The molecule has 6 aliphatic heterocycles. The van der Waals surface area contributed by atoms with E-state index in [-0.39, 0.29) is 59.3 Å². The molecule has 0 saturated carbocycles. The number of anilines is 2. The van der Waals surface area contributed by atoms with E-state index in [1.54, 1.807) is 43.4 Å². The van der Waals surface area contributed by atoms with Gasteiger partial charge >= 0.3 is 12.2 Å². The highest BCUT2D eigenvalue weighted by molar-refractivity contribution is 6.29. The number of pyridine rings is 3. The van der Waals surface area contributed by atoms with Gasteiger partial charge in [-0.15, -0.1) is 24.8 Å². The Morgan fingerprint density at radius 3 is 1.30 bits per heavy atom. The van der Waals surface area contributed by atoms with Crippen LogP contribution in [0.25, 0.3) is 0 Å². The first-order valence-corrected chi connectivity index (χ1v) is 26.0. The summed E-state index contributed by atoms with van der Waals surface area (Å²) in [7, 11) is 5.26. The summed E-state index contributed by atoms with van der Waals surface area (Å²) in [4.78, 5) is 52.8. The molecule has 0 spiro atoms. The number of carbonyl (C=O) groups excluding carboxylic acids is 2. The van der Waals surface area contributed by atoms with Gasteiger partial charge in [0.05, 0.1) is 32.9 Å². The molecule has 0 atom stereocenters. The van der Waals surface area contributed by atoms with Gasteiger partial charge in [0.25, 0.3) is 0 Å². The molecule has 0 bridgehead atoms. The molecular formula is C55H97Cl3N12O7. The maximum Gasteiger partial charge on any atom is 0.410 e. The van der Waals surface area contributed by atoms with Gasteiger partial charge in [0.15, 0.2) is 0 Å². The molecule has 19 nitrogen and oxygen atoms in total. The van der Waals surface area contributed by atoms with Crippen LogP contribution in [0.15, 0.2) is 36.8 Å². The molecule has 0 aromatic carbocycles. The number of methoxy groups -OCH3 is 3. The lowest BCUT2D eigenvalue weighted by Gasteiger charge is -2.35. The van der Waals surface area contributed by atoms with Crippen molar-refractivity contribution in [3.05, 3.63) is 75.3 Å². The number of nitrogens with zero attached hydrogens (tertiary/aromatic N) is 10. The third kappa shape index (κ3) is 23.4. The molecule has 3 aromatic rings. The van der Waals surface area contributed by atoms with Crippen LogP contribution in [0.5, 0.6) is 0 Å². The molecular weight excluding hydrogens is 1050 g/mol. The van der Waals surface area contributed by atoms with Crippen LogP contribution >= 0.6 is 36.4 Å². The van der Waals surface area contributed by atoms with Crippen LogP contribution in [-0.4, -0.2) is 202 Å². The van der Waals surface area contributed by atoms with Crippen molar-refractivity contribution in [3.63, 3.8) is 0 Å². The first-order valence-electron chi connectivity index (χ1n) is 25.6. The average molecular weight is 1140 g/mol. The smallest absolute Gasteiger partial charge is 0.410 e. The van der Waals surface area contributed by atoms with Crippen molar-refractivity contribution in [1.82, 2.24) is 50.1 Å². The third-order valence-corrected chi connectivity index (χ3v) is 13.2. The lowest BCUT2D eigenvalue weighted by molar-refractivity contribution is 0.0232. The number of rotatable bonds is 11. The average Bonchev–Trinajstić information content (AvgIpc) is 4.13. The molecule has 9 heterocycles. The SMILES string of the molecule is C.C.C.CC(C)(C)OC(=O)N1Cc2cnc(Cl)cc2C1.COCCN1CCN(c2cc3c(cn2)CN(C(=O)OC(C)(C)C)C3)CC1.COCCN1CCN(c2cc3c(cn2)CNC3)CC1.COCCN1CCNCC1.Cl.Cl. The summed E-state index contributed by atoms with van der Waals surface area (Å²) in [6.07, 6.45) is 5.09. The minimum absolute atomic E-state index is 0. The Bertz CT molecular complexity index is 2170. The van der Waals surface area contributed by atoms with E-state index < -0.39 is 11.2 Å². The van der Waals surface area contributed by atoms with Crippen LogP contribution in [0.2, 0.25) is 5.15 Å². The molecule has 2 amide bonds. The number of hydrogen-bond acceptors (Lipinski definition) is 17. The van der Waals surface area contributed by atoms with E-state index in [1.807, 2.05) is 53.9 Å². The molecule has 440 valence electrons. The maximum atomic E-state index is 12.3. The van der Waals surface area contributed by atoms with Gasteiger partial charge in [0, 0.05) is 164 Å². The van der Waals surface area contributed by atoms with Crippen molar-refractivity contribution in [2.45, 2.75) is 114 Å². The molecule has 77 heavy (non-hydrogen) atoms. The highest BCUT2D eigenvalue weighted by Gasteiger charge is 2.30. The van der Waals surface area contributed by atoms with E-state index >= 15 is 0 Å². The molecule has 22 heteroatoms. The molecule has 3 fully saturated rings. The van der Waals surface area contributed by atoms with Gasteiger partial charge in [-0.1, -0.05) is 33.9 Å². The Hall–Kier alpha value is -3.86.